The molecular formula is C11H13BrN2O3. The Labute approximate surface area is 107 Å². The van der Waals surface area contributed by atoms with Gasteiger partial charge in [0.25, 0.3) is 0 Å². The second-order valence-electron chi connectivity index (χ2n) is 3.47. The van der Waals surface area contributed by atoms with Crippen molar-refractivity contribution in [3.63, 3.8) is 0 Å². The monoisotopic (exact) mass is 300 g/mol. The summed E-state index contributed by atoms with van der Waals surface area (Å²) in [7, 11) is 0. The molecule has 0 aromatic heterocycles. The molecule has 0 aliphatic heterocycles. The van der Waals surface area contributed by atoms with Crippen LogP contribution in [-0.4, -0.2) is 23.0 Å². The number of anilines is 1. The van der Waals surface area contributed by atoms with Gasteiger partial charge in [-0.15, -0.1) is 0 Å². The highest BCUT2D eigenvalue weighted by atomic mass is 79.9. The van der Waals surface area contributed by atoms with E-state index in [4.69, 9.17) is 10.8 Å². The predicted octanol–water partition coefficient (Wildman–Crippen LogP) is 1.82. The van der Waals surface area contributed by atoms with E-state index in [9.17, 15) is 9.59 Å². The fourth-order valence-electron chi connectivity index (χ4n) is 1.23. The number of carbonyl (C=O) groups excluding carboxylic acids is 1. The summed E-state index contributed by atoms with van der Waals surface area (Å²) in [4.78, 5) is 22.6. The van der Waals surface area contributed by atoms with Crippen molar-refractivity contribution in [2.75, 3.05) is 5.32 Å². The minimum atomic E-state index is -1.10. The van der Waals surface area contributed by atoms with Crippen LogP contribution in [0, 0.1) is 0 Å². The quantitative estimate of drug-likeness (QED) is 0.791. The molecule has 0 spiro atoms. The molecule has 1 atom stereocenters. The first-order chi connectivity index (χ1) is 7.97. The smallest absolute Gasteiger partial charge is 0.337 e. The van der Waals surface area contributed by atoms with Crippen molar-refractivity contribution in [1.29, 1.82) is 0 Å². The number of benzene rings is 1. The Morgan fingerprint density at radius 3 is 2.71 bits per heavy atom. The van der Waals surface area contributed by atoms with Crippen molar-refractivity contribution in [3.8, 4) is 0 Å². The van der Waals surface area contributed by atoms with E-state index in [-0.39, 0.29) is 11.3 Å². The number of hydrogen-bond donors (Lipinski definition) is 3. The number of carbonyl (C=O) groups is 2. The van der Waals surface area contributed by atoms with Gasteiger partial charge in [-0.2, -0.15) is 0 Å². The molecule has 0 saturated carbocycles. The van der Waals surface area contributed by atoms with Gasteiger partial charge in [-0.1, -0.05) is 13.0 Å². The topological polar surface area (TPSA) is 92.4 Å². The van der Waals surface area contributed by atoms with E-state index in [1.54, 1.807) is 19.1 Å². The first-order valence-electron chi connectivity index (χ1n) is 5.05. The van der Waals surface area contributed by atoms with E-state index in [0.29, 0.717) is 10.9 Å². The molecule has 92 valence electrons. The lowest BCUT2D eigenvalue weighted by molar-refractivity contribution is -0.117. The maximum absolute atomic E-state index is 11.6. The van der Waals surface area contributed by atoms with Crippen LogP contribution in [0.15, 0.2) is 22.7 Å². The molecule has 1 aromatic rings. The van der Waals surface area contributed by atoms with Gasteiger partial charge in [0.05, 0.1) is 17.3 Å². The summed E-state index contributed by atoms with van der Waals surface area (Å²) in [6.07, 6.45) is 0.485. The number of rotatable bonds is 4. The van der Waals surface area contributed by atoms with E-state index < -0.39 is 17.9 Å². The summed E-state index contributed by atoms with van der Waals surface area (Å²) in [5, 5.41) is 11.5. The van der Waals surface area contributed by atoms with E-state index in [1.807, 2.05) is 0 Å². The molecule has 1 amide bonds. The third-order valence-electron chi connectivity index (χ3n) is 2.27. The summed E-state index contributed by atoms with van der Waals surface area (Å²) in [5.74, 6) is -1.51. The van der Waals surface area contributed by atoms with Gasteiger partial charge in [-0.05, 0) is 34.5 Å². The van der Waals surface area contributed by atoms with Crippen LogP contribution in [0.25, 0.3) is 0 Å². The number of amides is 1. The highest BCUT2D eigenvalue weighted by Crippen LogP contribution is 2.26. The predicted molar refractivity (Wildman–Crippen MR) is 68.0 cm³/mol. The minimum Gasteiger partial charge on any atom is -0.478 e. The maximum Gasteiger partial charge on any atom is 0.337 e. The standard InChI is InChI=1S/C11H13BrN2O3/c1-2-8(13)10(15)14-9-6(11(16)17)4-3-5-7(9)12/h3-5,8H,2,13H2,1H3,(H,14,15)(H,16,17)/t8-/m1/s1. The highest BCUT2D eigenvalue weighted by Gasteiger charge is 2.17. The largest absolute Gasteiger partial charge is 0.478 e. The number of aromatic carboxylic acids is 1. The molecule has 0 unspecified atom stereocenters. The van der Waals surface area contributed by atoms with Crippen LogP contribution < -0.4 is 11.1 Å². The fourth-order valence-corrected chi connectivity index (χ4v) is 1.70. The molecule has 0 radical (unpaired) electrons. The lowest BCUT2D eigenvalue weighted by atomic mass is 10.1. The van der Waals surface area contributed by atoms with Crippen LogP contribution in [-0.2, 0) is 4.79 Å². The maximum atomic E-state index is 11.6. The number of hydrogen-bond acceptors (Lipinski definition) is 3. The molecule has 0 aliphatic rings. The number of para-hydroxylation sites is 1. The van der Waals surface area contributed by atoms with Crippen molar-refractivity contribution < 1.29 is 14.7 Å². The van der Waals surface area contributed by atoms with Crippen LogP contribution in [0.3, 0.4) is 0 Å². The molecule has 6 heteroatoms. The van der Waals surface area contributed by atoms with Crippen LogP contribution in [0.4, 0.5) is 5.69 Å². The Kier molecular flexibility index (Phi) is 4.65. The van der Waals surface area contributed by atoms with Crippen LogP contribution in [0.2, 0.25) is 0 Å². The van der Waals surface area contributed by atoms with Gasteiger partial charge in [-0.25, -0.2) is 4.79 Å². The van der Waals surface area contributed by atoms with Crippen molar-refractivity contribution >= 4 is 33.5 Å². The van der Waals surface area contributed by atoms with Crippen LogP contribution in [0.1, 0.15) is 23.7 Å². The molecule has 0 aliphatic carbocycles. The number of nitrogens with two attached hydrogens (primary N) is 1. The Bertz CT molecular complexity index is 448. The van der Waals surface area contributed by atoms with Crippen LogP contribution in [0.5, 0.6) is 0 Å². The normalized spacial score (nSPS) is 11.9. The molecule has 5 nitrogen and oxygen atoms in total. The molecule has 0 heterocycles. The lowest BCUT2D eigenvalue weighted by Crippen LogP contribution is -2.35. The first-order valence-corrected chi connectivity index (χ1v) is 5.85. The Morgan fingerprint density at radius 1 is 1.53 bits per heavy atom. The van der Waals surface area contributed by atoms with Gasteiger partial charge in [-0.3, -0.25) is 4.79 Å². The van der Waals surface area contributed by atoms with E-state index >= 15 is 0 Å². The van der Waals surface area contributed by atoms with Crippen molar-refractivity contribution in [2.24, 2.45) is 5.73 Å². The zero-order chi connectivity index (χ0) is 13.0. The lowest BCUT2D eigenvalue weighted by Gasteiger charge is -2.13. The zero-order valence-corrected chi connectivity index (χ0v) is 10.8. The molecule has 1 aromatic carbocycles. The number of carboxylic acids is 1. The van der Waals surface area contributed by atoms with Gasteiger partial charge in [0.1, 0.15) is 0 Å². The molecule has 0 fully saturated rings. The summed E-state index contributed by atoms with van der Waals surface area (Å²) in [5.41, 5.74) is 5.82. The SMILES string of the molecule is CC[C@@H](N)C(=O)Nc1c(Br)cccc1C(=O)O. The van der Waals surface area contributed by atoms with Gasteiger partial charge in [0.15, 0.2) is 0 Å². The van der Waals surface area contributed by atoms with Gasteiger partial charge in [0, 0.05) is 4.47 Å². The Morgan fingerprint density at radius 2 is 2.18 bits per heavy atom. The fraction of sp³-hybridized carbons (Fsp3) is 0.273. The summed E-state index contributed by atoms with van der Waals surface area (Å²) >= 11 is 3.20. The molecule has 4 N–H and O–H groups in total. The second kappa shape index (κ2) is 5.79. The average Bonchev–Trinajstić information content (AvgIpc) is 2.30. The van der Waals surface area contributed by atoms with Crippen LogP contribution >= 0.6 is 15.9 Å². The Hall–Kier alpha value is -1.40. The van der Waals surface area contributed by atoms with Gasteiger partial charge >= 0.3 is 5.97 Å². The Balaban J connectivity index is 3.05. The van der Waals surface area contributed by atoms with Crippen molar-refractivity contribution in [3.05, 3.63) is 28.2 Å². The van der Waals surface area contributed by atoms with E-state index in [1.165, 1.54) is 6.07 Å². The summed E-state index contributed by atoms with van der Waals surface area (Å²) in [6.45, 7) is 1.78. The molecule has 1 rings (SSSR count). The molecule has 0 bridgehead atoms. The zero-order valence-electron chi connectivity index (χ0n) is 9.24. The van der Waals surface area contributed by atoms with Gasteiger partial charge < -0.3 is 16.2 Å². The number of halogens is 1. The second-order valence-corrected chi connectivity index (χ2v) is 4.33. The average molecular weight is 301 g/mol. The molecule has 17 heavy (non-hydrogen) atoms. The highest BCUT2D eigenvalue weighted by molar-refractivity contribution is 9.10. The van der Waals surface area contributed by atoms with Crippen molar-refractivity contribution in [2.45, 2.75) is 19.4 Å². The number of nitrogens with one attached hydrogen (secondary N) is 1. The number of carboxylic acid groups (broad SMARTS) is 1. The summed E-state index contributed by atoms with van der Waals surface area (Å²) < 4.78 is 0.508. The van der Waals surface area contributed by atoms with Crippen molar-refractivity contribution in [1.82, 2.24) is 0 Å². The molecule has 0 saturated heterocycles. The molecular weight excluding hydrogens is 288 g/mol. The summed E-state index contributed by atoms with van der Waals surface area (Å²) in [6, 6.07) is 4.01. The third-order valence-corrected chi connectivity index (χ3v) is 2.93. The van der Waals surface area contributed by atoms with E-state index in [0.717, 1.165) is 0 Å². The third kappa shape index (κ3) is 3.28. The first kappa shape index (κ1) is 13.7. The minimum absolute atomic E-state index is 0.0241. The van der Waals surface area contributed by atoms with Gasteiger partial charge in [0.2, 0.25) is 5.91 Å². The van der Waals surface area contributed by atoms with E-state index in [2.05, 4.69) is 21.2 Å².